The number of hydrogen-bond acceptors (Lipinski definition) is 9. The molecule has 0 atom stereocenters. The summed E-state index contributed by atoms with van der Waals surface area (Å²) in [6.07, 6.45) is 1.71. The fourth-order valence-electron chi connectivity index (χ4n) is 2.53. The second-order valence-corrected chi connectivity index (χ2v) is 10.6. The highest BCUT2D eigenvalue weighted by molar-refractivity contribution is 8.01. The van der Waals surface area contributed by atoms with E-state index in [0.29, 0.717) is 34.9 Å². The Kier molecular flexibility index (Phi) is 8.08. The average Bonchev–Trinajstić information content (AvgIpc) is 3.20. The summed E-state index contributed by atoms with van der Waals surface area (Å²) in [6, 6.07) is 4.39. The molecule has 0 saturated carbocycles. The van der Waals surface area contributed by atoms with Crippen molar-refractivity contribution in [2.75, 3.05) is 49.2 Å². The molecule has 1 aromatic carbocycles. The molecule has 1 saturated heterocycles. The van der Waals surface area contributed by atoms with Gasteiger partial charge in [-0.2, -0.15) is 4.31 Å². The van der Waals surface area contributed by atoms with Gasteiger partial charge in [-0.3, -0.25) is 4.79 Å². The number of hydrogen-bond donors (Lipinski definition) is 2. The maximum Gasteiger partial charge on any atom is 0.244 e. The summed E-state index contributed by atoms with van der Waals surface area (Å²) in [5.74, 6) is -0.197. The van der Waals surface area contributed by atoms with Gasteiger partial charge in [-0.25, -0.2) is 8.42 Å². The van der Waals surface area contributed by atoms with E-state index in [1.807, 2.05) is 0 Å². The summed E-state index contributed by atoms with van der Waals surface area (Å²) in [4.78, 5) is 12.3. The first kappa shape index (κ1) is 23.0. The van der Waals surface area contributed by atoms with Crippen LogP contribution in [-0.4, -0.2) is 67.4 Å². The quantitative estimate of drug-likeness (QED) is 0.408. The van der Waals surface area contributed by atoms with E-state index in [1.165, 1.54) is 39.5 Å². The van der Waals surface area contributed by atoms with Crippen LogP contribution in [0.25, 0.3) is 0 Å². The molecule has 2 N–H and O–H groups in total. The van der Waals surface area contributed by atoms with Crippen LogP contribution in [0.4, 0.5) is 10.8 Å². The third-order valence-corrected chi connectivity index (χ3v) is 8.33. The number of carbonyl (C=O) groups excluding carboxylic acids is 1. The second kappa shape index (κ2) is 10.6. The lowest BCUT2D eigenvalue weighted by molar-refractivity contribution is -0.113. The fourth-order valence-corrected chi connectivity index (χ4v) is 6.00. The molecule has 162 valence electrons. The number of nitrogens with zero attached hydrogens (tertiary/aromatic N) is 3. The molecule has 30 heavy (non-hydrogen) atoms. The van der Waals surface area contributed by atoms with Gasteiger partial charge in [0.1, 0.15) is 4.90 Å². The van der Waals surface area contributed by atoms with E-state index in [4.69, 9.17) is 16.3 Å². The number of benzene rings is 1. The largest absolute Gasteiger partial charge is 0.379 e. The van der Waals surface area contributed by atoms with Crippen LogP contribution in [0.15, 0.2) is 40.1 Å². The molecule has 1 aromatic heterocycles. The molecule has 0 spiro atoms. The standard InChI is InChI=1S/C17H20ClN5O4S3/c1-2-5-19-16-21-22-17(29-16)28-11-15(24)20-12-3-4-13(18)14(10-12)30(25,26)23-6-8-27-9-7-23/h2-4,10H,1,5-9,11H2,(H,19,21)(H,20,24). The highest BCUT2D eigenvalue weighted by Crippen LogP contribution is 2.29. The molecule has 1 amide bonds. The highest BCUT2D eigenvalue weighted by Gasteiger charge is 2.28. The van der Waals surface area contributed by atoms with E-state index in [0.717, 1.165) is 0 Å². The summed E-state index contributed by atoms with van der Waals surface area (Å²) >= 11 is 8.71. The van der Waals surface area contributed by atoms with Gasteiger partial charge in [0.05, 0.1) is 24.0 Å². The average molecular weight is 490 g/mol. The SMILES string of the molecule is C=CCNc1nnc(SCC(=O)Nc2ccc(Cl)c(S(=O)(=O)N3CCOCC3)c2)s1. The van der Waals surface area contributed by atoms with Gasteiger partial charge in [-0.15, -0.1) is 16.8 Å². The number of nitrogens with one attached hydrogen (secondary N) is 2. The summed E-state index contributed by atoms with van der Waals surface area (Å²) < 4.78 is 32.9. The van der Waals surface area contributed by atoms with Crippen molar-refractivity contribution in [1.82, 2.24) is 14.5 Å². The molecule has 0 aliphatic carbocycles. The number of halogens is 1. The van der Waals surface area contributed by atoms with Crippen molar-refractivity contribution in [3.05, 3.63) is 35.9 Å². The lowest BCUT2D eigenvalue weighted by atomic mass is 10.3. The van der Waals surface area contributed by atoms with Gasteiger partial charge < -0.3 is 15.4 Å². The van der Waals surface area contributed by atoms with Crippen molar-refractivity contribution >= 4 is 61.4 Å². The molecule has 0 bridgehead atoms. The van der Waals surface area contributed by atoms with Gasteiger partial charge in [0, 0.05) is 25.3 Å². The zero-order chi connectivity index (χ0) is 21.6. The van der Waals surface area contributed by atoms with Gasteiger partial charge in [-0.1, -0.05) is 40.8 Å². The molecule has 9 nitrogen and oxygen atoms in total. The number of anilines is 2. The topological polar surface area (TPSA) is 114 Å². The van der Waals surface area contributed by atoms with E-state index < -0.39 is 10.0 Å². The predicted molar refractivity (Wildman–Crippen MR) is 119 cm³/mol. The number of aromatic nitrogens is 2. The zero-order valence-corrected chi connectivity index (χ0v) is 19.0. The van der Waals surface area contributed by atoms with Gasteiger partial charge >= 0.3 is 0 Å². The molecule has 0 unspecified atom stereocenters. The molecule has 3 rings (SSSR count). The van der Waals surface area contributed by atoms with Crippen molar-refractivity contribution < 1.29 is 17.9 Å². The summed E-state index contributed by atoms with van der Waals surface area (Å²) in [5, 5.41) is 14.4. The Balaban J connectivity index is 1.62. The molecule has 0 radical (unpaired) electrons. The van der Waals surface area contributed by atoms with Crippen molar-refractivity contribution in [3.63, 3.8) is 0 Å². The number of rotatable bonds is 9. The van der Waals surface area contributed by atoms with Crippen LogP contribution >= 0.6 is 34.7 Å². The molecule has 1 aliphatic heterocycles. The third kappa shape index (κ3) is 5.93. The predicted octanol–water partition coefficient (Wildman–Crippen LogP) is 2.54. The maximum atomic E-state index is 12.9. The Bertz CT molecular complexity index is 1010. The van der Waals surface area contributed by atoms with Gasteiger partial charge in [0.15, 0.2) is 4.34 Å². The van der Waals surface area contributed by atoms with Crippen LogP contribution in [0.1, 0.15) is 0 Å². The first-order chi connectivity index (χ1) is 14.4. The minimum absolute atomic E-state index is 0.0430. The number of morpholine rings is 1. The molecule has 13 heteroatoms. The first-order valence-electron chi connectivity index (χ1n) is 8.88. The van der Waals surface area contributed by atoms with E-state index >= 15 is 0 Å². The van der Waals surface area contributed by atoms with Gasteiger partial charge in [0.25, 0.3) is 0 Å². The van der Waals surface area contributed by atoms with E-state index in [2.05, 4.69) is 27.4 Å². The highest BCUT2D eigenvalue weighted by atomic mass is 35.5. The smallest absolute Gasteiger partial charge is 0.244 e. The maximum absolute atomic E-state index is 12.9. The third-order valence-electron chi connectivity index (χ3n) is 3.93. The van der Waals surface area contributed by atoms with Gasteiger partial charge in [0.2, 0.25) is 21.1 Å². The minimum Gasteiger partial charge on any atom is -0.379 e. The minimum atomic E-state index is -3.78. The number of ether oxygens (including phenoxy) is 1. The normalized spacial score (nSPS) is 15.0. The summed E-state index contributed by atoms with van der Waals surface area (Å²) in [6.45, 7) is 5.38. The van der Waals surface area contributed by atoms with Crippen LogP contribution in [0.3, 0.4) is 0 Å². The molecule has 2 heterocycles. The van der Waals surface area contributed by atoms with Crippen molar-refractivity contribution in [3.8, 4) is 0 Å². The number of carbonyl (C=O) groups is 1. The summed E-state index contributed by atoms with van der Waals surface area (Å²) in [7, 11) is -3.78. The van der Waals surface area contributed by atoms with Crippen molar-refractivity contribution in [2.24, 2.45) is 0 Å². The molecule has 1 aliphatic rings. The Hall–Kier alpha value is -1.70. The number of amides is 1. The second-order valence-electron chi connectivity index (χ2n) is 6.04. The first-order valence-corrected chi connectivity index (χ1v) is 12.5. The van der Waals surface area contributed by atoms with Crippen LogP contribution in [0.2, 0.25) is 5.02 Å². The van der Waals surface area contributed by atoms with Crippen LogP contribution in [0, 0.1) is 0 Å². The molecular formula is C17H20ClN5O4S3. The fraction of sp³-hybridized carbons (Fsp3) is 0.353. The van der Waals surface area contributed by atoms with E-state index in [1.54, 1.807) is 12.1 Å². The van der Waals surface area contributed by atoms with Crippen molar-refractivity contribution in [1.29, 1.82) is 0 Å². The lowest BCUT2D eigenvalue weighted by Gasteiger charge is -2.26. The van der Waals surface area contributed by atoms with Crippen LogP contribution in [-0.2, 0) is 19.6 Å². The van der Waals surface area contributed by atoms with Gasteiger partial charge in [-0.05, 0) is 18.2 Å². The van der Waals surface area contributed by atoms with E-state index in [9.17, 15) is 13.2 Å². The number of sulfonamides is 1. The van der Waals surface area contributed by atoms with Crippen LogP contribution in [0.5, 0.6) is 0 Å². The van der Waals surface area contributed by atoms with Crippen molar-refractivity contribution in [2.45, 2.75) is 9.24 Å². The molecule has 1 fully saturated rings. The Morgan fingerprint density at radius 3 is 2.87 bits per heavy atom. The van der Waals surface area contributed by atoms with E-state index in [-0.39, 0.29) is 34.7 Å². The van der Waals surface area contributed by atoms with Crippen LogP contribution < -0.4 is 10.6 Å². The Labute approximate surface area is 187 Å². The lowest BCUT2D eigenvalue weighted by Crippen LogP contribution is -2.40. The Morgan fingerprint density at radius 1 is 1.37 bits per heavy atom. The molecular weight excluding hydrogens is 470 g/mol. The Morgan fingerprint density at radius 2 is 2.13 bits per heavy atom. The monoisotopic (exact) mass is 489 g/mol. The summed E-state index contributed by atoms with van der Waals surface area (Å²) in [5.41, 5.74) is 0.349. The zero-order valence-electron chi connectivity index (χ0n) is 15.8. The number of thioether (sulfide) groups is 1. The molecule has 2 aromatic rings.